The Kier molecular flexibility index (Phi) is 2.02. The molecule has 0 spiro atoms. The molecule has 2 atom stereocenters. The van der Waals surface area contributed by atoms with E-state index in [2.05, 4.69) is 9.39 Å². The van der Waals surface area contributed by atoms with Crippen molar-refractivity contribution in [3.05, 3.63) is 0 Å². The highest BCUT2D eigenvalue weighted by Gasteiger charge is 2.32. The van der Waals surface area contributed by atoms with Crippen LogP contribution in [0.5, 0.6) is 0 Å². The second kappa shape index (κ2) is 2.64. The third-order valence-electron chi connectivity index (χ3n) is 1.47. The minimum absolute atomic E-state index is 0.0117. The molecule has 1 unspecified atom stereocenters. The summed E-state index contributed by atoms with van der Waals surface area (Å²) >= 11 is 0. The molecule has 1 fully saturated rings. The van der Waals surface area contributed by atoms with Gasteiger partial charge in [0, 0.05) is 6.42 Å². The van der Waals surface area contributed by atoms with E-state index in [9.17, 15) is 9.59 Å². The van der Waals surface area contributed by atoms with Crippen LogP contribution in [0.3, 0.4) is 0 Å². The lowest BCUT2D eigenvalue weighted by Crippen LogP contribution is -2.28. The SMILES string of the molecule is O=C1C[C@@H](C(=O)O)N(P)C1. The minimum Gasteiger partial charge on any atom is -0.480 e. The van der Waals surface area contributed by atoms with Crippen LogP contribution in [0.15, 0.2) is 0 Å². The summed E-state index contributed by atoms with van der Waals surface area (Å²) in [6.07, 6.45) is 0.138. The van der Waals surface area contributed by atoms with Crippen LogP contribution in [0.4, 0.5) is 0 Å². The van der Waals surface area contributed by atoms with Crippen LogP contribution in [0.25, 0.3) is 0 Å². The zero-order valence-electron chi connectivity index (χ0n) is 5.28. The number of rotatable bonds is 1. The summed E-state index contributed by atoms with van der Waals surface area (Å²) in [5.74, 6) is -0.941. The van der Waals surface area contributed by atoms with Gasteiger partial charge in [0.2, 0.25) is 0 Å². The van der Waals surface area contributed by atoms with Crippen molar-refractivity contribution >= 4 is 21.1 Å². The van der Waals surface area contributed by atoms with Crippen LogP contribution in [0, 0.1) is 0 Å². The summed E-state index contributed by atoms with van der Waals surface area (Å²) in [6, 6.07) is -0.627. The van der Waals surface area contributed by atoms with Crippen molar-refractivity contribution in [2.45, 2.75) is 12.5 Å². The summed E-state index contributed by atoms with van der Waals surface area (Å²) in [7, 11) is 2.24. The number of hydrogen-bond acceptors (Lipinski definition) is 3. The second-order valence-corrected chi connectivity index (χ2v) is 2.93. The summed E-state index contributed by atoms with van der Waals surface area (Å²) in [6.45, 7) is 0.238. The van der Waals surface area contributed by atoms with Crippen molar-refractivity contribution in [3.8, 4) is 0 Å². The largest absolute Gasteiger partial charge is 0.480 e. The molecule has 1 rings (SSSR count). The highest BCUT2D eigenvalue weighted by atomic mass is 31.0. The molecule has 4 nitrogen and oxygen atoms in total. The van der Waals surface area contributed by atoms with Gasteiger partial charge in [0.25, 0.3) is 0 Å². The Balaban J connectivity index is 2.63. The van der Waals surface area contributed by atoms with E-state index in [1.165, 1.54) is 4.67 Å². The average molecular weight is 161 g/mol. The van der Waals surface area contributed by atoms with Crippen LogP contribution in [0.2, 0.25) is 0 Å². The molecule has 1 aliphatic heterocycles. The smallest absolute Gasteiger partial charge is 0.321 e. The number of carbonyl (C=O) groups excluding carboxylic acids is 1. The first-order valence-corrected chi connectivity index (χ1v) is 3.38. The Bertz CT molecular complexity index is 182. The van der Waals surface area contributed by atoms with Gasteiger partial charge in [0.15, 0.2) is 0 Å². The lowest BCUT2D eigenvalue weighted by Gasteiger charge is -2.11. The Hall–Kier alpha value is -0.470. The summed E-state index contributed by atoms with van der Waals surface area (Å²) in [5.41, 5.74) is 0. The number of hydrogen-bond donors (Lipinski definition) is 1. The van der Waals surface area contributed by atoms with E-state index in [4.69, 9.17) is 5.11 Å². The zero-order chi connectivity index (χ0) is 7.72. The zero-order valence-corrected chi connectivity index (χ0v) is 6.43. The molecule has 5 heteroatoms. The maximum Gasteiger partial charge on any atom is 0.321 e. The third kappa shape index (κ3) is 1.33. The van der Waals surface area contributed by atoms with Crippen LogP contribution >= 0.6 is 9.39 Å². The van der Waals surface area contributed by atoms with Crippen LogP contribution < -0.4 is 0 Å². The van der Waals surface area contributed by atoms with E-state index < -0.39 is 12.0 Å². The average Bonchev–Trinajstić information content (AvgIpc) is 2.10. The molecule has 56 valence electrons. The minimum atomic E-state index is -0.930. The summed E-state index contributed by atoms with van der Waals surface area (Å²) in [5, 5.41) is 8.49. The first kappa shape index (κ1) is 7.63. The molecule has 0 aromatic heterocycles. The monoisotopic (exact) mass is 161 g/mol. The van der Waals surface area contributed by atoms with Gasteiger partial charge in [0.05, 0.1) is 6.54 Å². The Labute approximate surface area is 60.5 Å². The third-order valence-corrected chi connectivity index (χ3v) is 2.01. The molecule has 0 radical (unpaired) electrons. The molecule has 1 aliphatic rings. The van der Waals surface area contributed by atoms with E-state index >= 15 is 0 Å². The predicted molar refractivity (Wildman–Crippen MR) is 37.5 cm³/mol. The maximum atomic E-state index is 10.6. The van der Waals surface area contributed by atoms with Gasteiger partial charge in [-0.25, -0.2) is 0 Å². The van der Waals surface area contributed by atoms with Gasteiger partial charge >= 0.3 is 5.97 Å². The molecule has 0 amide bonds. The fourth-order valence-corrected chi connectivity index (χ4v) is 1.38. The first-order chi connectivity index (χ1) is 4.61. The molecular formula is C5H8NO3P. The van der Waals surface area contributed by atoms with Gasteiger partial charge in [0.1, 0.15) is 11.8 Å². The summed E-state index contributed by atoms with van der Waals surface area (Å²) < 4.78 is 1.46. The van der Waals surface area contributed by atoms with Crippen molar-refractivity contribution in [3.63, 3.8) is 0 Å². The highest BCUT2D eigenvalue weighted by Crippen LogP contribution is 2.17. The topological polar surface area (TPSA) is 57.6 Å². The van der Waals surface area contributed by atoms with E-state index in [1.54, 1.807) is 0 Å². The number of aliphatic carboxylic acids is 1. The summed E-state index contributed by atoms with van der Waals surface area (Å²) in [4.78, 5) is 21.0. The first-order valence-electron chi connectivity index (χ1n) is 2.87. The van der Waals surface area contributed by atoms with Crippen LogP contribution in [-0.2, 0) is 9.59 Å². The molecular weight excluding hydrogens is 153 g/mol. The fraction of sp³-hybridized carbons (Fsp3) is 0.600. The van der Waals surface area contributed by atoms with E-state index in [-0.39, 0.29) is 18.7 Å². The van der Waals surface area contributed by atoms with Crippen LogP contribution in [0.1, 0.15) is 6.42 Å². The Morgan fingerprint density at radius 2 is 2.40 bits per heavy atom. The normalized spacial score (nSPS) is 27.3. The fourth-order valence-electron chi connectivity index (χ4n) is 0.940. The number of Topliss-reactive ketones (excluding diaryl/α,β-unsaturated/α-hetero) is 1. The molecule has 0 saturated carbocycles. The van der Waals surface area contributed by atoms with Gasteiger partial charge in [-0.3, -0.25) is 14.3 Å². The number of ketones is 1. The Morgan fingerprint density at radius 1 is 1.80 bits per heavy atom. The molecule has 1 saturated heterocycles. The van der Waals surface area contributed by atoms with E-state index in [0.29, 0.717) is 0 Å². The quantitative estimate of drug-likeness (QED) is 0.527. The number of nitrogens with zero attached hydrogens (tertiary/aromatic N) is 1. The lowest BCUT2D eigenvalue weighted by molar-refractivity contribution is -0.140. The molecule has 0 aliphatic carbocycles. The molecule has 1 heterocycles. The molecule has 1 N–H and O–H groups in total. The lowest BCUT2D eigenvalue weighted by atomic mass is 10.2. The molecule has 0 bridgehead atoms. The van der Waals surface area contributed by atoms with Crippen molar-refractivity contribution in [1.82, 2.24) is 4.67 Å². The van der Waals surface area contributed by atoms with Crippen molar-refractivity contribution in [2.75, 3.05) is 6.54 Å². The second-order valence-electron chi connectivity index (χ2n) is 2.27. The van der Waals surface area contributed by atoms with Crippen molar-refractivity contribution in [1.29, 1.82) is 0 Å². The van der Waals surface area contributed by atoms with E-state index in [0.717, 1.165) is 0 Å². The standard InChI is InChI=1S/C5H8NO3P/c7-3-1-4(5(8)9)6(10)2-3/h4H,1-2,10H2,(H,8,9)/t4-/m0/s1. The van der Waals surface area contributed by atoms with Crippen molar-refractivity contribution in [2.24, 2.45) is 0 Å². The van der Waals surface area contributed by atoms with Gasteiger partial charge in [-0.1, -0.05) is 9.39 Å². The number of carboxylic acids is 1. The molecule has 0 aromatic carbocycles. The van der Waals surface area contributed by atoms with Gasteiger partial charge in [-0.15, -0.1) is 0 Å². The number of carbonyl (C=O) groups is 2. The predicted octanol–water partition coefficient (Wildman–Crippen LogP) is -0.496. The van der Waals surface area contributed by atoms with Crippen LogP contribution in [-0.4, -0.2) is 34.1 Å². The van der Waals surface area contributed by atoms with Gasteiger partial charge in [-0.05, 0) is 0 Å². The van der Waals surface area contributed by atoms with Gasteiger partial charge < -0.3 is 5.11 Å². The van der Waals surface area contributed by atoms with Gasteiger partial charge in [-0.2, -0.15) is 0 Å². The maximum absolute atomic E-state index is 10.6. The van der Waals surface area contributed by atoms with Crippen molar-refractivity contribution < 1.29 is 14.7 Å². The highest BCUT2D eigenvalue weighted by molar-refractivity contribution is 7.13. The Morgan fingerprint density at radius 3 is 2.60 bits per heavy atom. The number of carboxylic acid groups (broad SMARTS) is 1. The van der Waals surface area contributed by atoms with E-state index in [1.807, 2.05) is 0 Å². The molecule has 0 aromatic rings. The molecule has 10 heavy (non-hydrogen) atoms.